The van der Waals surface area contributed by atoms with Gasteiger partial charge in [0.25, 0.3) is 0 Å². The van der Waals surface area contributed by atoms with Crippen molar-refractivity contribution in [2.45, 2.75) is 44.1 Å². The van der Waals surface area contributed by atoms with Gasteiger partial charge in [-0.2, -0.15) is 0 Å². The van der Waals surface area contributed by atoms with Crippen LogP contribution in [0.25, 0.3) is 0 Å². The van der Waals surface area contributed by atoms with E-state index in [4.69, 9.17) is 11.6 Å². The molecule has 3 rings (SSSR count). The monoisotopic (exact) mass is 279 g/mol. The molecule has 1 amide bonds. The smallest absolute Gasteiger partial charge is 0.226 e. The van der Waals surface area contributed by atoms with Gasteiger partial charge < -0.3 is 10.2 Å². The van der Waals surface area contributed by atoms with Gasteiger partial charge in [0.05, 0.1) is 22.7 Å². The Balaban J connectivity index is 2.06. The first-order valence-electron chi connectivity index (χ1n) is 6.80. The van der Waals surface area contributed by atoms with Crippen LogP contribution in [-0.2, 0) is 4.79 Å². The van der Waals surface area contributed by atoms with Gasteiger partial charge in [-0.3, -0.25) is 4.79 Å². The number of hydrogen-bond acceptors (Lipinski definition) is 3. The Morgan fingerprint density at radius 1 is 1.37 bits per heavy atom. The van der Waals surface area contributed by atoms with Crippen LogP contribution >= 0.6 is 11.6 Å². The predicted octanol–water partition coefficient (Wildman–Crippen LogP) is 3.22. The lowest BCUT2D eigenvalue weighted by atomic mass is 9.78. The van der Waals surface area contributed by atoms with Gasteiger partial charge in [0.2, 0.25) is 5.91 Å². The topological polar surface area (TPSA) is 45.2 Å². The maximum Gasteiger partial charge on any atom is 0.226 e. The average molecular weight is 280 g/mol. The zero-order valence-electron chi connectivity index (χ0n) is 11.1. The van der Waals surface area contributed by atoms with Gasteiger partial charge in [-0.05, 0) is 18.9 Å². The summed E-state index contributed by atoms with van der Waals surface area (Å²) in [5, 5.41) is 3.49. The molecule has 0 saturated heterocycles. The molecule has 19 heavy (non-hydrogen) atoms. The Labute approximate surface area is 118 Å². The zero-order chi connectivity index (χ0) is 13.5. The van der Waals surface area contributed by atoms with E-state index < -0.39 is 0 Å². The summed E-state index contributed by atoms with van der Waals surface area (Å²) in [6, 6.07) is 1.78. The number of nitrogens with one attached hydrogen (secondary N) is 1. The van der Waals surface area contributed by atoms with Crippen LogP contribution in [0.4, 0.5) is 11.5 Å². The van der Waals surface area contributed by atoms with Gasteiger partial charge in [-0.25, -0.2) is 4.98 Å². The highest BCUT2D eigenvalue weighted by molar-refractivity contribution is 6.31. The molecular formula is C14H18ClN3O. The Morgan fingerprint density at radius 2 is 2.11 bits per heavy atom. The van der Waals surface area contributed by atoms with Crippen molar-refractivity contribution in [3.8, 4) is 0 Å². The highest BCUT2D eigenvalue weighted by atomic mass is 35.5. The van der Waals surface area contributed by atoms with Gasteiger partial charge in [0.1, 0.15) is 0 Å². The van der Waals surface area contributed by atoms with Crippen LogP contribution < -0.4 is 10.2 Å². The third-order valence-corrected chi connectivity index (χ3v) is 4.62. The molecule has 1 aliphatic carbocycles. The molecule has 0 bridgehead atoms. The molecule has 5 heteroatoms. The summed E-state index contributed by atoms with van der Waals surface area (Å²) in [6.45, 7) is 0. The number of rotatable bonds is 0. The molecule has 2 heterocycles. The van der Waals surface area contributed by atoms with Crippen LogP contribution in [0.15, 0.2) is 12.3 Å². The van der Waals surface area contributed by atoms with Crippen LogP contribution in [0, 0.1) is 0 Å². The summed E-state index contributed by atoms with van der Waals surface area (Å²) < 4.78 is 0. The summed E-state index contributed by atoms with van der Waals surface area (Å²) in [6.07, 6.45) is 7.92. The summed E-state index contributed by atoms with van der Waals surface area (Å²) in [5.41, 5.74) is 0.650. The van der Waals surface area contributed by atoms with Crippen molar-refractivity contribution in [3.63, 3.8) is 0 Å². The van der Waals surface area contributed by atoms with E-state index in [1.807, 2.05) is 7.05 Å². The van der Waals surface area contributed by atoms with Gasteiger partial charge >= 0.3 is 0 Å². The molecule has 1 aromatic heterocycles. The third-order valence-electron chi connectivity index (χ3n) is 4.41. The van der Waals surface area contributed by atoms with Crippen LogP contribution in [-0.4, -0.2) is 23.5 Å². The number of carbonyl (C=O) groups excluding carboxylic acids is 1. The maximum atomic E-state index is 12.2. The molecule has 1 aliphatic heterocycles. The minimum Gasteiger partial charge on any atom is -0.352 e. The molecule has 1 fully saturated rings. The number of fused-ring (bicyclic) bond motifs is 1. The summed E-state index contributed by atoms with van der Waals surface area (Å²) in [7, 11) is 2.05. The van der Waals surface area contributed by atoms with Gasteiger partial charge in [0, 0.05) is 13.2 Å². The van der Waals surface area contributed by atoms with Crippen molar-refractivity contribution >= 4 is 29.0 Å². The Morgan fingerprint density at radius 3 is 2.84 bits per heavy atom. The lowest BCUT2D eigenvalue weighted by Gasteiger charge is -2.43. The zero-order valence-corrected chi connectivity index (χ0v) is 11.8. The van der Waals surface area contributed by atoms with E-state index in [0.717, 1.165) is 24.3 Å². The Hall–Kier alpha value is -1.29. The second kappa shape index (κ2) is 4.67. The van der Waals surface area contributed by atoms with E-state index in [1.165, 1.54) is 19.3 Å². The molecule has 0 radical (unpaired) electrons. The van der Waals surface area contributed by atoms with Gasteiger partial charge in [-0.1, -0.05) is 30.9 Å². The molecule has 1 spiro atoms. The molecular weight excluding hydrogens is 262 g/mol. The molecule has 0 atom stereocenters. The SMILES string of the molecule is CN1c2ncc(Cl)cc2NC(=O)CC12CCCCC2. The van der Waals surface area contributed by atoms with Gasteiger partial charge in [0.15, 0.2) is 5.82 Å². The maximum absolute atomic E-state index is 12.2. The number of carbonyl (C=O) groups is 1. The Kier molecular flexibility index (Phi) is 3.13. The number of hydrogen-bond donors (Lipinski definition) is 1. The van der Waals surface area contributed by atoms with E-state index in [-0.39, 0.29) is 11.4 Å². The lowest BCUT2D eigenvalue weighted by molar-refractivity contribution is -0.117. The summed E-state index contributed by atoms with van der Waals surface area (Å²) in [4.78, 5) is 18.8. The number of pyridine rings is 1. The Bertz CT molecular complexity index is 511. The number of amides is 1. The molecule has 0 unspecified atom stereocenters. The largest absolute Gasteiger partial charge is 0.352 e. The fourth-order valence-corrected chi connectivity index (χ4v) is 3.51. The first-order chi connectivity index (χ1) is 9.11. The molecule has 1 aromatic rings. The number of anilines is 2. The second-order valence-corrected chi connectivity index (χ2v) is 6.03. The molecule has 1 saturated carbocycles. The van der Waals surface area contributed by atoms with Gasteiger partial charge in [-0.15, -0.1) is 0 Å². The molecule has 102 valence electrons. The number of nitrogens with zero attached hydrogens (tertiary/aromatic N) is 2. The molecule has 0 aromatic carbocycles. The van der Waals surface area contributed by atoms with E-state index >= 15 is 0 Å². The molecule has 1 N–H and O–H groups in total. The second-order valence-electron chi connectivity index (χ2n) is 5.59. The van der Waals surface area contributed by atoms with E-state index in [9.17, 15) is 4.79 Å². The summed E-state index contributed by atoms with van der Waals surface area (Å²) in [5.74, 6) is 0.897. The van der Waals surface area contributed by atoms with Crippen molar-refractivity contribution < 1.29 is 4.79 Å². The lowest BCUT2D eigenvalue weighted by Crippen LogP contribution is -2.49. The first kappa shape index (κ1) is 12.7. The van der Waals surface area contributed by atoms with Crippen LogP contribution in [0.3, 0.4) is 0 Å². The predicted molar refractivity (Wildman–Crippen MR) is 76.7 cm³/mol. The van der Waals surface area contributed by atoms with Crippen LogP contribution in [0.2, 0.25) is 5.02 Å². The summed E-state index contributed by atoms with van der Waals surface area (Å²) >= 11 is 5.97. The quantitative estimate of drug-likeness (QED) is 0.793. The number of halogens is 1. The van der Waals surface area contributed by atoms with E-state index in [1.54, 1.807) is 12.3 Å². The standard InChI is InChI=1S/C14H18ClN3O/c1-18-13-11(7-10(15)9-16-13)17-12(19)8-14(18)5-3-2-4-6-14/h7,9H,2-6,8H2,1H3,(H,17,19). The minimum atomic E-state index is -0.0750. The van der Waals surface area contributed by atoms with Crippen molar-refractivity contribution in [3.05, 3.63) is 17.3 Å². The third kappa shape index (κ3) is 2.18. The first-order valence-corrected chi connectivity index (χ1v) is 7.18. The fraction of sp³-hybridized carbons (Fsp3) is 0.571. The number of aromatic nitrogens is 1. The highest BCUT2D eigenvalue weighted by Gasteiger charge is 2.41. The fourth-order valence-electron chi connectivity index (χ4n) is 3.35. The van der Waals surface area contributed by atoms with Crippen molar-refractivity contribution in [1.82, 2.24) is 4.98 Å². The van der Waals surface area contributed by atoms with Crippen molar-refractivity contribution in [2.75, 3.05) is 17.3 Å². The van der Waals surface area contributed by atoms with Crippen molar-refractivity contribution in [1.29, 1.82) is 0 Å². The van der Waals surface area contributed by atoms with Crippen LogP contribution in [0.5, 0.6) is 0 Å². The van der Waals surface area contributed by atoms with Crippen LogP contribution in [0.1, 0.15) is 38.5 Å². The minimum absolute atomic E-state index is 0.0663. The van der Waals surface area contributed by atoms with Crippen molar-refractivity contribution in [2.24, 2.45) is 0 Å². The normalized spacial score (nSPS) is 21.8. The molecule has 4 nitrogen and oxygen atoms in total. The molecule has 2 aliphatic rings. The van der Waals surface area contributed by atoms with E-state index in [2.05, 4.69) is 15.2 Å². The average Bonchev–Trinajstić information content (AvgIpc) is 2.47. The highest BCUT2D eigenvalue weighted by Crippen LogP contribution is 2.42. The van der Waals surface area contributed by atoms with E-state index in [0.29, 0.717) is 11.4 Å².